The third-order valence-corrected chi connectivity index (χ3v) is 2.86. The second-order valence-electron chi connectivity index (χ2n) is 4.04. The van der Waals surface area contributed by atoms with Gasteiger partial charge in [0.1, 0.15) is 0 Å². The van der Waals surface area contributed by atoms with Crippen LogP contribution in [0, 0.1) is 0 Å². The number of hydrogen-bond acceptors (Lipinski definition) is 0. The SMILES string of the molecule is C=C/C=C\c1c(C=C)[nH]c(=C/C)/c1=C\C(C)=C/C. The van der Waals surface area contributed by atoms with Crippen LogP contribution < -0.4 is 10.6 Å². The zero-order valence-electron chi connectivity index (χ0n) is 11.5. The van der Waals surface area contributed by atoms with Gasteiger partial charge in [-0.1, -0.05) is 49.1 Å². The maximum atomic E-state index is 3.85. The summed E-state index contributed by atoms with van der Waals surface area (Å²) >= 11 is 0. The molecule has 0 unspecified atom stereocenters. The van der Waals surface area contributed by atoms with E-state index in [1.54, 1.807) is 6.08 Å². The molecule has 0 saturated carbocycles. The summed E-state index contributed by atoms with van der Waals surface area (Å²) < 4.78 is 0. The van der Waals surface area contributed by atoms with Crippen molar-refractivity contribution in [3.05, 3.63) is 58.8 Å². The van der Waals surface area contributed by atoms with Gasteiger partial charge in [0.15, 0.2) is 0 Å². The van der Waals surface area contributed by atoms with E-state index < -0.39 is 0 Å². The number of hydrogen-bond donors (Lipinski definition) is 1. The van der Waals surface area contributed by atoms with Crippen LogP contribution in [0.2, 0.25) is 0 Å². The number of allylic oxidation sites excluding steroid dienone is 4. The number of H-pyrrole nitrogens is 1. The molecule has 1 heterocycles. The minimum atomic E-state index is 1.04. The van der Waals surface area contributed by atoms with Crippen LogP contribution in [0.1, 0.15) is 32.0 Å². The van der Waals surface area contributed by atoms with Crippen molar-refractivity contribution in [2.24, 2.45) is 0 Å². The van der Waals surface area contributed by atoms with Gasteiger partial charge >= 0.3 is 0 Å². The molecule has 1 nitrogen and oxygen atoms in total. The Labute approximate surface area is 109 Å². The second kappa shape index (κ2) is 6.65. The van der Waals surface area contributed by atoms with E-state index in [0.29, 0.717) is 0 Å². The highest BCUT2D eigenvalue weighted by molar-refractivity contribution is 5.66. The fraction of sp³-hybridized carbons (Fsp3) is 0.176. The zero-order chi connectivity index (χ0) is 13.5. The van der Waals surface area contributed by atoms with Gasteiger partial charge in [-0.25, -0.2) is 0 Å². The van der Waals surface area contributed by atoms with E-state index in [4.69, 9.17) is 0 Å². The molecule has 0 aromatic carbocycles. The minimum Gasteiger partial charge on any atom is -0.355 e. The first-order valence-corrected chi connectivity index (χ1v) is 6.12. The molecule has 1 aromatic rings. The molecule has 0 spiro atoms. The van der Waals surface area contributed by atoms with E-state index in [1.807, 2.05) is 26.0 Å². The maximum absolute atomic E-state index is 3.85. The molecule has 0 amide bonds. The van der Waals surface area contributed by atoms with Crippen molar-refractivity contribution in [2.75, 3.05) is 0 Å². The molecule has 1 rings (SSSR count). The predicted molar refractivity (Wildman–Crippen MR) is 83.4 cm³/mol. The molecule has 0 atom stereocenters. The molecule has 0 radical (unpaired) electrons. The van der Waals surface area contributed by atoms with Crippen molar-refractivity contribution in [1.82, 2.24) is 4.98 Å². The fourth-order valence-electron chi connectivity index (χ4n) is 1.77. The molecule has 0 fully saturated rings. The Kier molecular flexibility index (Phi) is 5.19. The Morgan fingerprint density at radius 3 is 2.44 bits per heavy atom. The van der Waals surface area contributed by atoms with Crippen LogP contribution in [0.3, 0.4) is 0 Å². The quantitative estimate of drug-likeness (QED) is 0.775. The first kappa shape index (κ1) is 14.0. The van der Waals surface area contributed by atoms with Gasteiger partial charge < -0.3 is 4.98 Å². The van der Waals surface area contributed by atoms with Crippen molar-refractivity contribution in [2.45, 2.75) is 20.8 Å². The molecule has 18 heavy (non-hydrogen) atoms. The van der Waals surface area contributed by atoms with Crippen molar-refractivity contribution >= 4 is 24.3 Å². The van der Waals surface area contributed by atoms with Gasteiger partial charge in [-0.2, -0.15) is 0 Å². The van der Waals surface area contributed by atoms with Gasteiger partial charge in [0.25, 0.3) is 0 Å². The highest BCUT2D eigenvalue weighted by Crippen LogP contribution is 2.04. The lowest BCUT2D eigenvalue weighted by atomic mass is 10.1. The van der Waals surface area contributed by atoms with Crippen LogP contribution in [0.15, 0.2) is 37.0 Å². The lowest BCUT2D eigenvalue weighted by molar-refractivity contribution is 1.29. The fourth-order valence-corrected chi connectivity index (χ4v) is 1.77. The molecule has 0 aliphatic rings. The summed E-state index contributed by atoms with van der Waals surface area (Å²) in [7, 11) is 0. The highest BCUT2D eigenvalue weighted by atomic mass is 14.7. The van der Waals surface area contributed by atoms with Crippen molar-refractivity contribution in [3.8, 4) is 0 Å². The molecule has 0 bridgehead atoms. The molecule has 0 aliphatic heterocycles. The Morgan fingerprint density at radius 2 is 1.94 bits per heavy atom. The Hall–Kier alpha value is -2.02. The minimum absolute atomic E-state index is 1.04. The predicted octanol–water partition coefficient (Wildman–Crippen LogP) is 3.40. The van der Waals surface area contributed by atoms with E-state index in [1.165, 1.54) is 10.8 Å². The maximum Gasteiger partial charge on any atom is 0.0458 e. The number of nitrogens with one attached hydrogen (secondary N) is 1. The largest absolute Gasteiger partial charge is 0.355 e. The van der Waals surface area contributed by atoms with Crippen LogP contribution in [0.5, 0.6) is 0 Å². The average molecular weight is 239 g/mol. The van der Waals surface area contributed by atoms with Crippen LogP contribution in [0.4, 0.5) is 0 Å². The van der Waals surface area contributed by atoms with Gasteiger partial charge in [0.05, 0.1) is 0 Å². The van der Waals surface area contributed by atoms with Gasteiger partial charge in [0.2, 0.25) is 0 Å². The molecule has 1 heteroatoms. The third kappa shape index (κ3) is 3.01. The van der Waals surface area contributed by atoms with Crippen LogP contribution in [0.25, 0.3) is 24.3 Å². The second-order valence-corrected chi connectivity index (χ2v) is 4.04. The number of aromatic amines is 1. The molecule has 94 valence electrons. The molecule has 1 aromatic heterocycles. The van der Waals surface area contributed by atoms with Crippen LogP contribution in [-0.4, -0.2) is 4.98 Å². The van der Waals surface area contributed by atoms with Gasteiger partial charge in [-0.05, 0) is 32.9 Å². The lowest BCUT2D eigenvalue weighted by Crippen LogP contribution is -2.23. The lowest BCUT2D eigenvalue weighted by Gasteiger charge is -1.93. The third-order valence-electron chi connectivity index (χ3n) is 2.86. The average Bonchev–Trinajstić information content (AvgIpc) is 2.73. The zero-order valence-corrected chi connectivity index (χ0v) is 11.5. The molecular weight excluding hydrogens is 218 g/mol. The monoisotopic (exact) mass is 239 g/mol. The standard InChI is InChI=1S/C17H21N/c1-6-10-11-14-15(12-13(5)7-2)17(9-4)18-16(14)8-3/h6-12,18H,1,3H2,2,4-5H3/b11-10-,13-7-,15-12-,17-9+. The Morgan fingerprint density at radius 1 is 1.22 bits per heavy atom. The summed E-state index contributed by atoms with van der Waals surface area (Å²) in [5, 5.41) is 2.32. The first-order chi connectivity index (χ1) is 8.67. The van der Waals surface area contributed by atoms with E-state index >= 15 is 0 Å². The molecular formula is C17H21N. The van der Waals surface area contributed by atoms with Gasteiger partial charge in [0, 0.05) is 21.8 Å². The Balaban J connectivity index is 3.70. The topological polar surface area (TPSA) is 15.8 Å². The molecule has 0 saturated heterocycles. The highest BCUT2D eigenvalue weighted by Gasteiger charge is 2.02. The van der Waals surface area contributed by atoms with E-state index in [9.17, 15) is 0 Å². The van der Waals surface area contributed by atoms with Crippen molar-refractivity contribution < 1.29 is 0 Å². The number of aromatic nitrogens is 1. The summed E-state index contributed by atoms with van der Waals surface area (Å²) in [4.78, 5) is 3.37. The van der Waals surface area contributed by atoms with E-state index in [0.717, 1.165) is 16.6 Å². The smallest absolute Gasteiger partial charge is 0.0458 e. The molecule has 0 aliphatic carbocycles. The first-order valence-electron chi connectivity index (χ1n) is 6.12. The molecule has 1 N–H and O–H groups in total. The van der Waals surface area contributed by atoms with Crippen molar-refractivity contribution in [1.29, 1.82) is 0 Å². The summed E-state index contributed by atoms with van der Waals surface area (Å²) in [5.41, 5.74) is 3.43. The van der Waals surface area contributed by atoms with Crippen molar-refractivity contribution in [3.63, 3.8) is 0 Å². The summed E-state index contributed by atoms with van der Waals surface area (Å²) in [6, 6.07) is 0. The number of rotatable bonds is 4. The van der Waals surface area contributed by atoms with E-state index in [-0.39, 0.29) is 0 Å². The summed E-state index contributed by atoms with van der Waals surface area (Å²) in [6.07, 6.45) is 14.0. The van der Waals surface area contributed by atoms with Crippen LogP contribution in [-0.2, 0) is 0 Å². The summed E-state index contributed by atoms with van der Waals surface area (Å²) in [5.74, 6) is 0. The van der Waals surface area contributed by atoms with E-state index in [2.05, 4.69) is 49.4 Å². The van der Waals surface area contributed by atoms with Gasteiger partial charge in [-0.15, -0.1) is 0 Å². The Bertz CT molecular complexity index is 607. The normalized spacial score (nSPS) is 14.5. The summed E-state index contributed by atoms with van der Waals surface area (Å²) in [6.45, 7) is 13.7. The van der Waals surface area contributed by atoms with Crippen LogP contribution >= 0.6 is 0 Å². The van der Waals surface area contributed by atoms with Gasteiger partial charge in [-0.3, -0.25) is 0 Å².